The Morgan fingerprint density at radius 3 is 2.62 bits per heavy atom. The summed E-state index contributed by atoms with van der Waals surface area (Å²) in [5.41, 5.74) is 4.19. The molecule has 0 fully saturated rings. The molecule has 5 nitrogen and oxygen atoms in total. The van der Waals surface area contributed by atoms with Gasteiger partial charge in [0, 0.05) is 29.7 Å². The van der Waals surface area contributed by atoms with E-state index in [9.17, 15) is 8.42 Å². The number of hydrogen-bond acceptors (Lipinski definition) is 5. The van der Waals surface area contributed by atoms with Gasteiger partial charge in [0.2, 0.25) is 0 Å². The first kappa shape index (κ1) is 16.9. The molecular formula is C17H16BrN3O2S. The summed E-state index contributed by atoms with van der Waals surface area (Å²) in [4.78, 5) is 8.72. The van der Waals surface area contributed by atoms with Crippen LogP contribution in [0.1, 0.15) is 11.1 Å². The normalized spacial score (nSPS) is 11.6. The van der Waals surface area contributed by atoms with Gasteiger partial charge in [0.25, 0.3) is 0 Å². The Morgan fingerprint density at radius 2 is 1.88 bits per heavy atom. The maximum atomic E-state index is 11.6. The van der Waals surface area contributed by atoms with Gasteiger partial charge in [-0.2, -0.15) is 0 Å². The first-order valence-electron chi connectivity index (χ1n) is 7.31. The van der Waals surface area contributed by atoms with E-state index < -0.39 is 9.84 Å². The van der Waals surface area contributed by atoms with Crippen LogP contribution in [-0.4, -0.2) is 24.6 Å². The van der Waals surface area contributed by atoms with Crippen molar-refractivity contribution in [2.75, 3.05) is 11.6 Å². The maximum Gasteiger partial charge on any atom is 0.151 e. The van der Waals surface area contributed by atoms with Crippen molar-refractivity contribution in [2.45, 2.75) is 12.3 Å². The van der Waals surface area contributed by atoms with Crippen LogP contribution in [0.3, 0.4) is 0 Å². The van der Waals surface area contributed by atoms with E-state index in [1.54, 1.807) is 12.4 Å². The van der Waals surface area contributed by atoms with Crippen molar-refractivity contribution in [3.63, 3.8) is 0 Å². The van der Waals surface area contributed by atoms with E-state index in [0.717, 1.165) is 32.3 Å². The van der Waals surface area contributed by atoms with E-state index in [-0.39, 0.29) is 5.75 Å². The van der Waals surface area contributed by atoms with Gasteiger partial charge in [-0.25, -0.2) is 8.42 Å². The molecule has 0 amide bonds. The van der Waals surface area contributed by atoms with E-state index in [4.69, 9.17) is 0 Å². The van der Waals surface area contributed by atoms with Crippen LogP contribution in [0, 0.1) is 0 Å². The fraction of sp³-hybridized carbons (Fsp3) is 0.176. The largest absolute Gasteiger partial charge is 0.379 e. The summed E-state index contributed by atoms with van der Waals surface area (Å²) < 4.78 is 24.1. The van der Waals surface area contributed by atoms with Gasteiger partial charge in [0.1, 0.15) is 5.52 Å². The third-order valence-corrected chi connectivity index (χ3v) is 4.82. The van der Waals surface area contributed by atoms with Gasteiger partial charge < -0.3 is 5.32 Å². The van der Waals surface area contributed by atoms with Gasteiger partial charge in [-0.3, -0.25) is 9.97 Å². The van der Waals surface area contributed by atoms with Crippen LogP contribution < -0.4 is 5.32 Å². The molecule has 3 rings (SSSR count). The van der Waals surface area contributed by atoms with E-state index >= 15 is 0 Å². The van der Waals surface area contributed by atoms with Gasteiger partial charge >= 0.3 is 0 Å². The van der Waals surface area contributed by atoms with Crippen LogP contribution in [0.2, 0.25) is 0 Å². The minimum Gasteiger partial charge on any atom is -0.379 e. The van der Waals surface area contributed by atoms with Crippen molar-refractivity contribution < 1.29 is 8.42 Å². The lowest BCUT2D eigenvalue weighted by molar-refractivity contribution is 0.601. The summed E-state index contributed by atoms with van der Waals surface area (Å²) in [6.07, 6.45) is 4.70. The standard InChI is InChI=1S/C17H16BrN3O2S/c1-24(22,23)11-13-5-3-2-4-12(13)9-20-15-6-7-19-16-8-14(18)10-21-17(15)16/h2-8,10H,9,11H2,1H3,(H,19,20). The Hall–Kier alpha value is -1.99. The molecule has 124 valence electrons. The number of anilines is 1. The predicted molar refractivity (Wildman–Crippen MR) is 99.6 cm³/mol. The third-order valence-electron chi connectivity index (χ3n) is 3.55. The molecule has 0 aliphatic carbocycles. The molecule has 0 aliphatic heterocycles. The number of halogens is 1. The highest BCUT2D eigenvalue weighted by atomic mass is 79.9. The molecule has 7 heteroatoms. The highest BCUT2D eigenvalue weighted by molar-refractivity contribution is 9.10. The van der Waals surface area contributed by atoms with Crippen LogP contribution in [0.25, 0.3) is 11.0 Å². The molecule has 0 saturated heterocycles. The Balaban J connectivity index is 1.87. The number of hydrogen-bond donors (Lipinski definition) is 1. The van der Waals surface area contributed by atoms with Gasteiger partial charge in [-0.05, 0) is 39.2 Å². The van der Waals surface area contributed by atoms with E-state index in [2.05, 4.69) is 31.2 Å². The number of rotatable bonds is 5. The molecule has 2 aromatic heterocycles. The molecule has 0 spiro atoms. The molecule has 1 aromatic carbocycles. The molecular weight excluding hydrogens is 390 g/mol. The number of fused-ring (bicyclic) bond motifs is 1. The van der Waals surface area contributed by atoms with Gasteiger partial charge in [-0.15, -0.1) is 0 Å². The third kappa shape index (κ3) is 4.10. The second-order valence-corrected chi connectivity index (χ2v) is 8.63. The molecule has 1 N–H and O–H groups in total. The number of nitrogens with zero attached hydrogens (tertiary/aromatic N) is 2. The quantitative estimate of drug-likeness (QED) is 0.702. The number of aromatic nitrogens is 2. The summed E-state index contributed by atoms with van der Waals surface area (Å²) in [7, 11) is -3.08. The lowest BCUT2D eigenvalue weighted by Gasteiger charge is -2.12. The van der Waals surface area contributed by atoms with Crippen LogP contribution >= 0.6 is 15.9 Å². The summed E-state index contributed by atoms with van der Waals surface area (Å²) in [5, 5.41) is 3.34. The van der Waals surface area contributed by atoms with E-state index in [1.165, 1.54) is 6.26 Å². The second-order valence-electron chi connectivity index (χ2n) is 5.57. The van der Waals surface area contributed by atoms with Crippen LogP contribution in [0.5, 0.6) is 0 Å². The lowest BCUT2D eigenvalue weighted by atomic mass is 10.1. The molecule has 24 heavy (non-hydrogen) atoms. The molecule has 0 radical (unpaired) electrons. The van der Waals surface area contributed by atoms with Crippen LogP contribution in [0.4, 0.5) is 5.69 Å². The van der Waals surface area contributed by atoms with Crippen molar-refractivity contribution in [3.8, 4) is 0 Å². The van der Waals surface area contributed by atoms with Crippen molar-refractivity contribution in [1.29, 1.82) is 0 Å². The van der Waals surface area contributed by atoms with Gasteiger partial charge in [0.15, 0.2) is 9.84 Å². The SMILES string of the molecule is CS(=O)(=O)Cc1ccccc1CNc1ccnc2cc(Br)cnc12. The zero-order valence-electron chi connectivity index (χ0n) is 13.0. The molecule has 0 atom stereocenters. The summed E-state index contributed by atoms with van der Waals surface area (Å²) in [5.74, 6) is 0.0349. The molecule has 0 unspecified atom stereocenters. The first-order valence-corrected chi connectivity index (χ1v) is 10.2. The Kier molecular flexibility index (Phi) is 4.82. The first-order chi connectivity index (χ1) is 11.4. The van der Waals surface area contributed by atoms with E-state index in [1.807, 2.05) is 36.4 Å². The maximum absolute atomic E-state index is 11.6. The number of sulfone groups is 1. The van der Waals surface area contributed by atoms with Gasteiger partial charge in [-0.1, -0.05) is 24.3 Å². The Bertz CT molecular complexity index is 990. The lowest BCUT2D eigenvalue weighted by Crippen LogP contribution is -2.07. The van der Waals surface area contributed by atoms with Crippen molar-refractivity contribution in [2.24, 2.45) is 0 Å². The topological polar surface area (TPSA) is 72.0 Å². The Labute approximate surface area is 149 Å². The van der Waals surface area contributed by atoms with Crippen molar-refractivity contribution in [3.05, 3.63) is 64.4 Å². The highest BCUT2D eigenvalue weighted by Crippen LogP contribution is 2.23. The highest BCUT2D eigenvalue weighted by Gasteiger charge is 2.10. The average Bonchev–Trinajstić information content (AvgIpc) is 2.52. The zero-order valence-corrected chi connectivity index (χ0v) is 15.4. The number of benzene rings is 1. The van der Waals surface area contributed by atoms with Crippen LogP contribution in [-0.2, 0) is 22.1 Å². The fourth-order valence-electron chi connectivity index (χ4n) is 2.49. The summed E-state index contributed by atoms with van der Waals surface area (Å²) >= 11 is 3.39. The zero-order chi connectivity index (χ0) is 17.2. The minimum absolute atomic E-state index is 0.0349. The molecule has 2 heterocycles. The second kappa shape index (κ2) is 6.86. The van der Waals surface area contributed by atoms with Crippen molar-refractivity contribution >= 4 is 42.5 Å². The summed E-state index contributed by atoms with van der Waals surface area (Å²) in [6.45, 7) is 0.516. The number of pyridine rings is 2. The monoisotopic (exact) mass is 405 g/mol. The average molecular weight is 406 g/mol. The molecule has 0 bridgehead atoms. The van der Waals surface area contributed by atoms with Crippen LogP contribution in [0.15, 0.2) is 53.3 Å². The molecule has 3 aromatic rings. The Morgan fingerprint density at radius 1 is 1.12 bits per heavy atom. The minimum atomic E-state index is -3.08. The van der Waals surface area contributed by atoms with Crippen molar-refractivity contribution in [1.82, 2.24) is 9.97 Å². The molecule has 0 saturated carbocycles. The predicted octanol–water partition coefficient (Wildman–Crippen LogP) is 3.55. The number of nitrogens with one attached hydrogen (secondary N) is 1. The smallest absolute Gasteiger partial charge is 0.151 e. The fourth-order valence-corrected chi connectivity index (χ4v) is 3.66. The summed E-state index contributed by atoms with van der Waals surface area (Å²) in [6, 6.07) is 11.3. The van der Waals surface area contributed by atoms with E-state index in [0.29, 0.717) is 6.54 Å². The molecule has 0 aliphatic rings. The van der Waals surface area contributed by atoms with Gasteiger partial charge in [0.05, 0.1) is 17.0 Å².